The topological polar surface area (TPSA) is 129 Å². The average molecular weight is 419 g/mol. The number of phenolic OH excluding ortho intramolecular Hbond substituents is 1. The number of likely N-dealkylation sites (tertiary alicyclic amines) is 1. The molecule has 2 aromatic carbocycles. The fourth-order valence-electron chi connectivity index (χ4n) is 3.58. The number of anilines is 4. The van der Waals surface area contributed by atoms with Gasteiger partial charge in [-0.3, -0.25) is 9.69 Å². The number of benzene rings is 2. The minimum absolute atomic E-state index is 0.0695. The van der Waals surface area contributed by atoms with Crippen LogP contribution in [0, 0.1) is 5.92 Å². The van der Waals surface area contributed by atoms with Crippen LogP contribution in [0.4, 0.5) is 23.3 Å². The Labute approximate surface area is 180 Å². The van der Waals surface area contributed by atoms with Gasteiger partial charge in [0.2, 0.25) is 17.8 Å². The summed E-state index contributed by atoms with van der Waals surface area (Å²) in [5.41, 5.74) is 7.18. The highest BCUT2D eigenvalue weighted by atomic mass is 16.3. The first-order valence-electron chi connectivity index (χ1n) is 10.2. The van der Waals surface area contributed by atoms with Gasteiger partial charge in [0, 0.05) is 11.6 Å². The number of nitrogens with one attached hydrogen (secondary N) is 2. The van der Waals surface area contributed by atoms with E-state index in [1.54, 1.807) is 24.3 Å². The number of phenols is 1. The molecule has 9 heteroatoms. The fourth-order valence-corrected chi connectivity index (χ4v) is 3.58. The van der Waals surface area contributed by atoms with Crippen LogP contribution in [0.5, 0.6) is 5.75 Å². The van der Waals surface area contributed by atoms with Crippen molar-refractivity contribution in [3.8, 4) is 5.75 Å². The van der Waals surface area contributed by atoms with Gasteiger partial charge in [-0.25, -0.2) is 0 Å². The van der Waals surface area contributed by atoms with Gasteiger partial charge in [-0.15, -0.1) is 0 Å². The van der Waals surface area contributed by atoms with Gasteiger partial charge in [-0.2, -0.15) is 15.0 Å². The van der Waals surface area contributed by atoms with Crippen LogP contribution in [0.2, 0.25) is 0 Å². The molecule has 1 saturated heterocycles. The maximum absolute atomic E-state index is 12.5. The summed E-state index contributed by atoms with van der Waals surface area (Å²) in [5.74, 6) is 1.06. The zero-order chi connectivity index (χ0) is 21.6. The van der Waals surface area contributed by atoms with Crippen LogP contribution in [0.3, 0.4) is 0 Å². The zero-order valence-electron chi connectivity index (χ0n) is 17.0. The summed E-state index contributed by atoms with van der Waals surface area (Å²) >= 11 is 0. The normalized spacial score (nSPS) is 14.8. The van der Waals surface area contributed by atoms with E-state index in [1.165, 1.54) is 0 Å². The number of carbonyl (C=O) groups is 1. The highest BCUT2D eigenvalue weighted by molar-refractivity contribution is 5.93. The number of rotatable bonds is 6. The third-order valence-electron chi connectivity index (χ3n) is 5.21. The Morgan fingerprint density at radius 2 is 1.74 bits per heavy atom. The standard InChI is InChI=1S/C22H25N7O2/c23-21-26-19(27-22(28-21)24-16-6-2-1-3-7-16)14-29-12-10-15(11-13-29)20(31)25-17-8-4-5-9-18(17)30/h1-9,15,30H,10-14H2,(H,25,31)(H3,23,24,26,27,28). The Morgan fingerprint density at radius 3 is 2.48 bits per heavy atom. The number of aromatic hydroxyl groups is 1. The van der Waals surface area contributed by atoms with Gasteiger partial charge >= 0.3 is 0 Å². The van der Waals surface area contributed by atoms with Crippen molar-refractivity contribution in [3.63, 3.8) is 0 Å². The maximum Gasteiger partial charge on any atom is 0.232 e. The van der Waals surface area contributed by atoms with Crippen molar-refractivity contribution in [3.05, 3.63) is 60.4 Å². The van der Waals surface area contributed by atoms with E-state index in [0.717, 1.165) is 31.6 Å². The van der Waals surface area contributed by atoms with E-state index in [9.17, 15) is 9.90 Å². The van der Waals surface area contributed by atoms with Crippen LogP contribution >= 0.6 is 0 Å². The third-order valence-corrected chi connectivity index (χ3v) is 5.21. The molecular formula is C22H25N7O2. The summed E-state index contributed by atoms with van der Waals surface area (Å²) in [6, 6.07) is 16.4. The van der Waals surface area contributed by atoms with Crippen molar-refractivity contribution in [2.45, 2.75) is 19.4 Å². The third kappa shape index (κ3) is 5.46. The molecule has 4 rings (SSSR count). The van der Waals surface area contributed by atoms with E-state index in [4.69, 9.17) is 5.73 Å². The Bertz CT molecular complexity index is 1040. The van der Waals surface area contributed by atoms with Crippen molar-refractivity contribution in [2.75, 3.05) is 29.5 Å². The lowest BCUT2D eigenvalue weighted by molar-refractivity contribution is -0.121. The first-order chi connectivity index (χ1) is 15.1. The molecule has 9 nitrogen and oxygen atoms in total. The van der Waals surface area contributed by atoms with E-state index in [0.29, 0.717) is 24.0 Å². The quantitative estimate of drug-likeness (QED) is 0.449. The van der Waals surface area contributed by atoms with Crippen LogP contribution < -0.4 is 16.4 Å². The lowest BCUT2D eigenvalue weighted by Gasteiger charge is -2.30. The predicted octanol–water partition coefficient (Wildman–Crippen LogP) is 2.75. The van der Waals surface area contributed by atoms with E-state index in [2.05, 4.69) is 30.5 Å². The molecule has 5 N–H and O–H groups in total. The van der Waals surface area contributed by atoms with E-state index < -0.39 is 0 Å². The minimum Gasteiger partial charge on any atom is -0.506 e. The van der Waals surface area contributed by atoms with Gasteiger partial charge in [0.05, 0.1) is 12.2 Å². The molecule has 160 valence electrons. The smallest absolute Gasteiger partial charge is 0.232 e. The number of nitrogens with zero attached hydrogens (tertiary/aromatic N) is 4. The highest BCUT2D eigenvalue weighted by Gasteiger charge is 2.26. The fraction of sp³-hybridized carbons (Fsp3) is 0.273. The summed E-state index contributed by atoms with van der Waals surface area (Å²) in [4.78, 5) is 27.6. The molecule has 0 radical (unpaired) electrons. The number of carbonyl (C=O) groups excluding carboxylic acids is 1. The number of aromatic nitrogens is 3. The molecule has 1 aromatic heterocycles. The molecular weight excluding hydrogens is 394 g/mol. The highest BCUT2D eigenvalue weighted by Crippen LogP contribution is 2.25. The number of hydrogen-bond donors (Lipinski definition) is 4. The molecule has 0 aliphatic carbocycles. The van der Waals surface area contributed by atoms with Gasteiger partial charge in [0.15, 0.2) is 0 Å². The second-order valence-electron chi connectivity index (χ2n) is 7.48. The van der Waals surface area contributed by atoms with Gasteiger partial charge in [-0.05, 0) is 50.2 Å². The summed E-state index contributed by atoms with van der Waals surface area (Å²) in [6.07, 6.45) is 1.43. The van der Waals surface area contributed by atoms with Gasteiger partial charge in [0.1, 0.15) is 11.6 Å². The van der Waals surface area contributed by atoms with Gasteiger partial charge in [-0.1, -0.05) is 30.3 Å². The lowest BCUT2D eigenvalue weighted by Crippen LogP contribution is -2.38. The molecule has 0 unspecified atom stereocenters. The van der Waals surface area contributed by atoms with E-state index in [-0.39, 0.29) is 23.5 Å². The van der Waals surface area contributed by atoms with E-state index >= 15 is 0 Å². The van der Waals surface area contributed by atoms with Gasteiger partial charge in [0.25, 0.3) is 0 Å². The Hall–Kier alpha value is -3.72. The van der Waals surface area contributed by atoms with Crippen LogP contribution in [-0.2, 0) is 11.3 Å². The summed E-state index contributed by atoms with van der Waals surface area (Å²) < 4.78 is 0. The average Bonchev–Trinajstić information content (AvgIpc) is 2.76. The Kier molecular flexibility index (Phi) is 6.23. The zero-order valence-corrected chi connectivity index (χ0v) is 17.0. The molecule has 0 atom stereocenters. The summed E-state index contributed by atoms with van der Waals surface area (Å²) in [6.45, 7) is 2.02. The van der Waals surface area contributed by atoms with Crippen molar-refractivity contribution in [1.29, 1.82) is 0 Å². The van der Waals surface area contributed by atoms with Crippen molar-refractivity contribution < 1.29 is 9.90 Å². The largest absolute Gasteiger partial charge is 0.506 e. The molecule has 1 amide bonds. The molecule has 2 heterocycles. The van der Waals surface area contributed by atoms with Crippen molar-refractivity contribution in [1.82, 2.24) is 19.9 Å². The first kappa shape index (κ1) is 20.5. The maximum atomic E-state index is 12.5. The summed E-state index contributed by atoms with van der Waals surface area (Å²) in [7, 11) is 0. The molecule has 1 aliphatic rings. The molecule has 1 fully saturated rings. The molecule has 3 aromatic rings. The first-order valence-corrected chi connectivity index (χ1v) is 10.2. The molecule has 1 aliphatic heterocycles. The van der Waals surface area contributed by atoms with Crippen molar-refractivity contribution >= 4 is 29.2 Å². The predicted molar refractivity (Wildman–Crippen MR) is 119 cm³/mol. The number of hydrogen-bond acceptors (Lipinski definition) is 8. The molecule has 0 saturated carbocycles. The molecule has 0 bridgehead atoms. The Morgan fingerprint density at radius 1 is 1.03 bits per heavy atom. The van der Waals surface area contributed by atoms with Gasteiger partial charge < -0.3 is 21.5 Å². The summed E-state index contributed by atoms with van der Waals surface area (Å²) in [5, 5.41) is 15.8. The van der Waals surface area contributed by atoms with Crippen molar-refractivity contribution in [2.24, 2.45) is 5.92 Å². The SMILES string of the molecule is Nc1nc(CN2CCC(C(=O)Nc3ccccc3O)CC2)nc(Nc2ccccc2)n1. The number of nitrogen functional groups attached to an aromatic ring is 1. The van der Waals surface area contributed by atoms with Crippen LogP contribution in [0.25, 0.3) is 0 Å². The van der Waals surface area contributed by atoms with Crippen LogP contribution in [0.1, 0.15) is 18.7 Å². The molecule has 0 spiro atoms. The van der Waals surface area contributed by atoms with Crippen LogP contribution in [0.15, 0.2) is 54.6 Å². The number of piperidine rings is 1. The minimum atomic E-state index is -0.102. The lowest BCUT2D eigenvalue weighted by atomic mass is 9.95. The van der Waals surface area contributed by atoms with E-state index in [1.807, 2.05) is 30.3 Å². The number of nitrogens with two attached hydrogens (primary N) is 1. The number of para-hydroxylation sites is 3. The number of amides is 1. The second-order valence-corrected chi connectivity index (χ2v) is 7.48. The molecule has 31 heavy (non-hydrogen) atoms. The second kappa shape index (κ2) is 9.40. The Balaban J connectivity index is 1.32. The monoisotopic (exact) mass is 419 g/mol. The van der Waals surface area contributed by atoms with Crippen LogP contribution in [-0.4, -0.2) is 44.0 Å².